The van der Waals surface area contributed by atoms with Crippen LogP contribution in [0, 0.1) is 10.1 Å². The minimum Gasteiger partial charge on any atom is -0.492 e. The Bertz CT molecular complexity index is 672. The van der Waals surface area contributed by atoms with Crippen LogP contribution in [0.5, 0.6) is 5.75 Å². The molecule has 1 unspecified atom stereocenters. The Morgan fingerprint density at radius 3 is 2.67 bits per heavy atom. The first kappa shape index (κ1) is 15.6. The average Bonchev–Trinajstić information content (AvgIpc) is 2.92. The van der Waals surface area contributed by atoms with E-state index in [1.54, 1.807) is 12.1 Å². The third-order valence-corrected chi connectivity index (χ3v) is 3.41. The van der Waals surface area contributed by atoms with Crippen LogP contribution in [0.15, 0.2) is 28.7 Å². The number of hydrogen-bond donors (Lipinski definition) is 1. The van der Waals surface area contributed by atoms with Gasteiger partial charge in [-0.3, -0.25) is 10.1 Å². The predicted molar refractivity (Wildman–Crippen MR) is 79.0 cm³/mol. The van der Waals surface area contributed by atoms with Crippen molar-refractivity contribution in [2.45, 2.75) is 13.0 Å². The van der Waals surface area contributed by atoms with E-state index in [4.69, 9.17) is 38.1 Å². The van der Waals surface area contributed by atoms with Gasteiger partial charge in [-0.25, -0.2) is 0 Å². The van der Waals surface area contributed by atoms with Crippen molar-refractivity contribution in [1.82, 2.24) is 0 Å². The highest BCUT2D eigenvalue weighted by atomic mass is 35.5. The molecule has 1 aromatic heterocycles. The number of rotatable bonds is 5. The maximum Gasteiger partial charge on any atom is 0.433 e. The number of furan rings is 1. The second-order valence-corrected chi connectivity index (χ2v) is 4.96. The Morgan fingerprint density at radius 1 is 1.38 bits per heavy atom. The number of halogens is 2. The van der Waals surface area contributed by atoms with Crippen LogP contribution in [0.2, 0.25) is 10.0 Å². The summed E-state index contributed by atoms with van der Waals surface area (Å²) in [6.45, 7) is 2.28. The van der Waals surface area contributed by atoms with E-state index in [0.717, 1.165) is 0 Å². The SMILES string of the molecule is CCOc1cc(Cl)c(C(N)c2ccc([N+](=O)[O-])o2)cc1Cl. The van der Waals surface area contributed by atoms with E-state index in [9.17, 15) is 10.1 Å². The molecule has 2 aromatic rings. The minimum atomic E-state index is -0.764. The number of benzene rings is 1. The van der Waals surface area contributed by atoms with E-state index in [2.05, 4.69) is 0 Å². The van der Waals surface area contributed by atoms with Crippen LogP contribution in [0.3, 0.4) is 0 Å². The molecule has 1 atom stereocenters. The summed E-state index contributed by atoms with van der Waals surface area (Å²) in [5.41, 5.74) is 6.52. The molecule has 0 aliphatic heterocycles. The number of nitrogens with two attached hydrogens (primary N) is 1. The molecular formula is C13H12Cl2N2O4. The van der Waals surface area contributed by atoms with Crippen molar-refractivity contribution < 1.29 is 14.1 Å². The molecule has 112 valence electrons. The zero-order valence-electron chi connectivity index (χ0n) is 11.0. The van der Waals surface area contributed by atoms with Gasteiger partial charge in [-0.05, 0) is 24.6 Å². The van der Waals surface area contributed by atoms with E-state index < -0.39 is 11.0 Å². The molecule has 1 heterocycles. The second kappa shape index (κ2) is 6.34. The van der Waals surface area contributed by atoms with Crippen LogP contribution in [0.4, 0.5) is 5.88 Å². The van der Waals surface area contributed by atoms with Gasteiger partial charge in [0, 0.05) is 11.1 Å². The van der Waals surface area contributed by atoms with Crippen molar-refractivity contribution >= 4 is 29.1 Å². The normalized spacial score (nSPS) is 12.2. The third kappa shape index (κ3) is 3.29. The summed E-state index contributed by atoms with van der Waals surface area (Å²) < 4.78 is 10.4. The molecule has 0 aliphatic carbocycles. The van der Waals surface area contributed by atoms with Crippen LogP contribution in [0.25, 0.3) is 0 Å². The lowest BCUT2D eigenvalue weighted by molar-refractivity contribution is -0.402. The summed E-state index contributed by atoms with van der Waals surface area (Å²) in [7, 11) is 0. The maximum atomic E-state index is 10.6. The fraction of sp³-hybridized carbons (Fsp3) is 0.231. The fourth-order valence-electron chi connectivity index (χ4n) is 1.81. The average molecular weight is 331 g/mol. The summed E-state index contributed by atoms with van der Waals surface area (Å²) in [5.74, 6) is 0.294. The lowest BCUT2D eigenvalue weighted by Gasteiger charge is -2.14. The zero-order chi connectivity index (χ0) is 15.6. The van der Waals surface area contributed by atoms with Crippen molar-refractivity contribution in [2.24, 2.45) is 5.73 Å². The van der Waals surface area contributed by atoms with Crippen molar-refractivity contribution in [1.29, 1.82) is 0 Å². The molecule has 0 saturated carbocycles. The molecule has 0 saturated heterocycles. The highest BCUT2D eigenvalue weighted by molar-refractivity contribution is 6.34. The Hall–Kier alpha value is -1.76. The molecule has 0 amide bonds. The summed E-state index contributed by atoms with van der Waals surface area (Å²) in [6.07, 6.45) is 0. The molecule has 0 spiro atoms. The molecule has 0 radical (unpaired) electrons. The van der Waals surface area contributed by atoms with Gasteiger partial charge in [-0.1, -0.05) is 23.2 Å². The molecule has 8 heteroatoms. The zero-order valence-corrected chi connectivity index (χ0v) is 12.5. The van der Waals surface area contributed by atoms with Gasteiger partial charge in [-0.15, -0.1) is 0 Å². The first-order valence-corrected chi connectivity index (χ1v) is 6.81. The summed E-state index contributed by atoms with van der Waals surface area (Å²) in [4.78, 5) is 9.98. The lowest BCUT2D eigenvalue weighted by Crippen LogP contribution is -2.11. The van der Waals surface area contributed by atoms with Gasteiger partial charge in [0.15, 0.2) is 0 Å². The van der Waals surface area contributed by atoms with Crippen LogP contribution >= 0.6 is 23.2 Å². The molecule has 2 N–H and O–H groups in total. The minimum absolute atomic E-state index is 0.226. The number of ether oxygens (including phenoxy) is 1. The highest BCUT2D eigenvalue weighted by Crippen LogP contribution is 2.36. The van der Waals surface area contributed by atoms with Crippen molar-refractivity contribution in [3.63, 3.8) is 0 Å². The second-order valence-electron chi connectivity index (χ2n) is 4.15. The van der Waals surface area contributed by atoms with Gasteiger partial charge < -0.3 is 14.9 Å². The monoisotopic (exact) mass is 330 g/mol. The lowest BCUT2D eigenvalue weighted by atomic mass is 10.1. The molecule has 2 rings (SSSR count). The van der Waals surface area contributed by atoms with E-state index in [-0.39, 0.29) is 11.6 Å². The Labute approximate surface area is 130 Å². The summed E-state index contributed by atoms with van der Waals surface area (Å²) >= 11 is 12.2. The number of hydrogen-bond acceptors (Lipinski definition) is 5. The van der Waals surface area contributed by atoms with Gasteiger partial charge in [0.1, 0.15) is 16.4 Å². The van der Waals surface area contributed by atoms with Gasteiger partial charge in [0.05, 0.1) is 23.7 Å². The van der Waals surface area contributed by atoms with E-state index >= 15 is 0 Å². The third-order valence-electron chi connectivity index (χ3n) is 2.79. The molecule has 21 heavy (non-hydrogen) atoms. The topological polar surface area (TPSA) is 91.5 Å². The Balaban J connectivity index is 2.36. The first-order valence-electron chi connectivity index (χ1n) is 6.05. The number of nitro groups is 1. The Kier molecular flexibility index (Phi) is 4.72. The van der Waals surface area contributed by atoms with Gasteiger partial charge in [0.2, 0.25) is 0 Å². The number of nitrogens with zero attached hydrogens (tertiary/aromatic N) is 1. The molecule has 0 aliphatic rings. The Morgan fingerprint density at radius 2 is 2.10 bits per heavy atom. The standard InChI is InChI=1S/C13H12Cl2N2O4/c1-2-20-11-6-8(14)7(5-9(11)15)13(16)10-3-4-12(21-10)17(18)19/h3-6,13H,2,16H2,1H3. The molecule has 6 nitrogen and oxygen atoms in total. The smallest absolute Gasteiger partial charge is 0.433 e. The highest BCUT2D eigenvalue weighted by Gasteiger charge is 2.21. The maximum absolute atomic E-state index is 10.6. The van der Waals surface area contributed by atoms with Crippen molar-refractivity contribution in [2.75, 3.05) is 6.61 Å². The van der Waals surface area contributed by atoms with Gasteiger partial charge in [-0.2, -0.15) is 0 Å². The van der Waals surface area contributed by atoms with Gasteiger partial charge in [0.25, 0.3) is 0 Å². The molecular weight excluding hydrogens is 319 g/mol. The van der Waals surface area contributed by atoms with E-state index in [0.29, 0.717) is 28.0 Å². The van der Waals surface area contributed by atoms with Crippen LogP contribution < -0.4 is 10.5 Å². The molecule has 0 fully saturated rings. The van der Waals surface area contributed by atoms with Gasteiger partial charge >= 0.3 is 5.88 Å². The van der Waals surface area contributed by atoms with Crippen molar-refractivity contribution in [3.8, 4) is 5.75 Å². The largest absolute Gasteiger partial charge is 0.492 e. The predicted octanol–water partition coefficient (Wildman–Crippen LogP) is 3.94. The summed E-state index contributed by atoms with van der Waals surface area (Å²) in [6, 6.07) is 5.02. The van der Waals surface area contributed by atoms with Crippen LogP contribution in [0.1, 0.15) is 24.3 Å². The first-order chi connectivity index (χ1) is 9.93. The van der Waals surface area contributed by atoms with Crippen LogP contribution in [-0.4, -0.2) is 11.5 Å². The summed E-state index contributed by atoms with van der Waals surface area (Å²) in [5, 5.41) is 11.3. The quantitative estimate of drug-likeness (QED) is 0.662. The van der Waals surface area contributed by atoms with E-state index in [1.165, 1.54) is 12.1 Å². The fourth-order valence-corrected chi connectivity index (χ4v) is 2.31. The van der Waals surface area contributed by atoms with E-state index in [1.807, 2.05) is 6.92 Å². The van der Waals surface area contributed by atoms with Crippen molar-refractivity contribution in [3.05, 3.63) is 55.7 Å². The molecule has 1 aromatic carbocycles. The molecule has 0 bridgehead atoms. The van der Waals surface area contributed by atoms with Crippen LogP contribution in [-0.2, 0) is 0 Å².